The summed E-state index contributed by atoms with van der Waals surface area (Å²) in [5.74, 6) is -2.27. The molecule has 0 unspecified atom stereocenters. The summed E-state index contributed by atoms with van der Waals surface area (Å²) in [5, 5.41) is 8.53. The average molecular weight is 346 g/mol. The number of hydrogen-bond donors (Lipinski definition) is 1. The highest BCUT2D eigenvalue weighted by Crippen LogP contribution is 2.16. The van der Waals surface area contributed by atoms with E-state index < -0.39 is 23.4 Å². The Morgan fingerprint density at radius 2 is 1.68 bits per heavy atom. The van der Waals surface area contributed by atoms with Crippen molar-refractivity contribution in [2.45, 2.75) is 12.8 Å². The molecule has 0 amide bonds. The van der Waals surface area contributed by atoms with Gasteiger partial charge in [-0.25, -0.2) is 8.78 Å². The number of ketones is 1. The SMILES string of the molecule is O=C(O)CCCOc1ccc(C(=O)/C=C/c2c(F)cccc2F)cc1. The number of aliphatic carboxylic acids is 1. The second-order valence-electron chi connectivity index (χ2n) is 5.20. The number of carboxylic acid groups (broad SMARTS) is 1. The molecule has 1 N–H and O–H groups in total. The predicted octanol–water partition coefficient (Wildman–Crippen LogP) is 4.10. The van der Waals surface area contributed by atoms with E-state index in [2.05, 4.69) is 0 Å². The summed E-state index contributed by atoms with van der Waals surface area (Å²) < 4.78 is 32.4. The quantitative estimate of drug-likeness (QED) is 0.444. The lowest BCUT2D eigenvalue weighted by Crippen LogP contribution is -2.02. The van der Waals surface area contributed by atoms with E-state index in [4.69, 9.17) is 9.84 Å². The topological polar surface area (TPSA) is 63.6 Å². The molecule has 0 radical (unpaired) electrons. The van der Waals surface area contributed by atoms with Crippen LogP contribution in [0.2, 0.25) is 0 Å². The lowest BCUT2D eigenvalue weighted by Gasteiger charge is -2.05. The highest BCUT2D eigenvalue weighted by molar-refractivity contribution is 6.06. The van der Waals surface area contributed by atoms with Gasteiger partial charge in [-0.1, -0.05) is 6.07 Å². The van der Waals surface area contributed by atoms with E-state index in [1.807, 2.05) is 0 Å². The van der Waals surface area contributed by atoms with E-state index in [1.165, 1.54) is 18.2 Å². The summed E-state index contributed by atoms with van der Waals surface area (Å²) in [5.41, 5.74) is 0.0696. The van der Waals surface area contributed by atoms with Crippen molar-refractivity contribution in [3.63, 3.8) is 0 Å². The van der Waals surface area contributed by atoms with Crippen LogP contribution in [0, 0.1) is 11.6 Å². The van der Waals surface area contributed by atoms with Crippen LogP contribution >= 0.6 is 0 Å². The normalized spacial score (nSPS) is 10.8. The number of allylic oxidation sites excluding steroid dienone is 1. The van der Waals surface area contributed by atoms with E-state index in [0.29, 0.717) is 17.7 Å². The third kappa shape index (κ3) is 5.53. The van der Waals surface area contributed by atoms with Gasteiger partial charge < -0.3 is 9.84 Å². The maximum Gasteiger partial charge on any atom is 0.303 e. The molecule has 130 valence electrons. The molecule has 0 bridgehead atoms. The minimum atomic E-state index is -0.886. The number of carbonyl (C=O) groups excluding carboxylic acids is 1. The number of benzene rings is 2. The highest BCUT2D eigenvalue weighted by atomic mass is 19.1. The molecule has 0 fully saturated rings. The average Bonchev–Trinajstić information content (AvgIpc) is 2.58. The minimum Gasteiger partial charge on any atom is -0.494 e. The third-order valence-electron chi connectivity index (χ3n) is 3.34. The lowest BCUT2D eigenvalue weighted by atomic mass is 10.1. The molecule has 2 aromatic carbocycles. The van der Waals surface area contributed by atoms with Gasteiger partial charge in [0.2, 0.25) is 0 Å². The second-order valence-corrected chi connectivity index (χ2v) is 5.20. The van der Waals surface area contributed by atoms with Gasteiger partial charge >= 0.3 is 5.97 Å². The van der Waals surface area contributed by atoms with Crippen LogP contribution in [0.5, 0.6) is 5.75 Å². The summed E-state index contributed by atoms with van der Waals surface area (Å²) in [6.45, 7) is 0.256. The van der Waals surface area contributed by atoms with Crippen molar-refractivity contribution >= 4 is 17.8 Å². The summed E-state index contributed by atoms with van der Waals surface area (Å²) in [7, 11) is 0. The van der Waals surface area contributed by atoms with Crippen molar-refractivity contribution in [3.8, 4) is 5.75 Å². The molecule has 0 saturated heterocycles. The molecule has 0 aromatic heterocycles. The standard InChI is InChI=1S/C19H16F2O4/c20-16-3-1-4-17(21)15(16)10-11-18(22)13-6-8-14(9-7-13)25-12-2-5-19(23)24/h1,3-4,6-11H,2,5,12H2,(H,23,24)/b11-10+. The largest absolute Gasteiger partial charge is 0.494 e. The number of rotatable bonds is 8. The van der Waals surface area contributed by atoms with Crippen LogP contribution in [0.1, 0.15) is 28.8 Å². The van der Waals surface area contributed by atoms with Gasteiger partial charge in [-0.2, -0.15) is 0 Å². The zero-order chi connectivity index (χ0) is 18.2. The molecule has 0 atom stereocenters. The zero-order valence-corrected chi connectivity index (χ0v) is 13.2. The first-order chi connectivity index (χ1) is 12.0. The molecule has 0 spiro atoms. The summed E-state index contributed by atoms with van der Waals surface area (Å²) in [6, 6.07) is 9.68. The number of carbonyl (C=O) groups is 2. The van der Waals surface area contributed by atoms with Crippen molar-refractivity contribution in [1.82, 2.24) is 0 Å². The van der Waals surface area contributed by atoms with Crippen molar-refractivity contribution < 1.29 is 28.2 Å². The first kappa shape index (κ1) is 18.3. The molecule has 0 aliphatic heterocycles. The van der Waals surface area contributed by atoms with E-state index in [9.17, 15) is 18.4 Å². The smallest absolute Gasteiger partial charge is 0.303 e. The Hall–Kier alpha value is -3.02. The van der Waals surface area contributed by atoms with Crippen LogP contribution in [0.15, 0.2) is 48.5 Å². The van der Waals surface area contributed by atoms with E-state index >= 15 is 0 Å². The van der Waals surface area contributed by atoms with Crippen LogP contribution in [-0.4, -0.2) is 23.5 Å². The summed E-state index contributed by atoms with van der Waals surface area (Å²) in [4.78, 5) is 22.4. The Bertz CT molecular complexity index is 762. The molecule has 0 saturated carbocycles. The van der Waals surface area contributed by atoms with Crippen LogP contribution in [0.25, 0.3) is 6.08 Å². The van der Waals surface area contributed by atoms with Gasteiger partial charge in [0.15, 0.2) is 5.78 Å². The van der Waals surface area contributed by atoms with Gasteiger partial charge in [0.25, 0.3) is 0 Å². The summed E-state index contributed by atoms with van der Waals surface area (Å²) >= 11 is 0. The van der Waals surface area contributed by atoms with E-state index in [-0.39, 0.29) is 18.6 Å². The molecule has 0 aliphatic carbocycles. The fraction of sp³-hybridized carbons (Fsp3) is 0.158. The number of ether oxygens (including phenoxy) is 1. The Kier molecular flexibility index (Phi) is 6.39. The van der Waals surface area contributed by atoms with Crippen LogP contribution in [-0.2, 0) is 4.79 Å². The predicted molar refractivity (Wildman–Crippen MR) is 88.5 cm³/mol. The van der Waals surface area contributed by atoms with Gasteiger partial charge in [-0.15, -0.1) is 0 Å². The van der Waals surface area contributed by atoms with E-state index in [1.54, 1.807) is 12.1 Å². The minimum absolute atomic E-state index is 0.0218. The Morgan fingerprint density at radius 3 is 2.28 bits per heavy atom. The zero-order valence-electron chi connectivity index (χ0n) is 13.2. The molecule has 6 heteroatoms. The molecule has 0 aliphatic rings. The Labute approximate surface area is 143 Å². The Morgan fingerprint density at radius 1 is 1.04 bits per heavy atom. The van der Waals surface area contributed by atoms with Crippen LogP contribution in [0.4, 0.5) is 8.78 Å². The number of hydrogen-bond acceptors (Lipinski definition) is 3. The van der Waals surface area contributed by atoms with E-state index in [0.717, 1.165) is 24.3 Å². The molecule has 2 aromatic rings. The molecular weight excluding hydrogens is 330 g/mol. The molecule has 0 heterocycles. The third-order valence-corrected chi connectivity index (χ3v) is 3.34. The van der Waals surface area contributed by atoms with Gasteiger partial charge in [0, 0.05) is 17.5 Å². The summed E-state index contributed by atoms with van der Waals surface area (Å²) in [6.07, 6.45) is 2.61. The fourth-order valence-electron chi connectivity index (χ4n) is 2.05. The first-order valence-corrected chi connectivity index (χ1v) is 7.58. The van der Waals surface area contributed by atoms with Crippen molar-refractivity contribution in [2.75, 3.05) is 6.61 Å². The fourth-order valence-corrected chi connectivity index (χ4v) is 2.05. The van der Waals surface area contributed by atoms with Gasteiger partial charge in [0.05, 0.1) is 6.61 Å². The molecule has 2 rings (SSSR count). The highest BCUT2D eigenvalue weighted by Gasteiger charge is 2.07. The molecule has 4 nitrogen and oxygen atoms in total. The monoisotopic (exact) mass is 346 g/mol. The van der Waals surface area contributed by atoms with Crippen molar-refractivity contribution in [1.29, 1.82) is 0 Å². The van der Waals surface area contributed by atoms with Crippen molar-refractivity contribution in [2.24, 2.45) is 0 Å². The van der Waals surface area contributed by atoms with Crippen LogP contribution in [0.3, 0.4) is 0 Å². The van der Waals surface area contributed by atoms with Gasteiger partial charge in [-0.05, 0) is 55.0 Å². The van der Waals surface area contributed by atoms with Gasteiger partial charge in [0.1, 0.15) is 17.4 Å². The van der Waals surface area contributed by atoms with Crippen LogP contribution < -0.4 is 4.74 Å². The second kappa shape index (κ2) is 8.73. The molecule has 25 heavy (non-hydrogen) atoms. The van der Waals surface area contributed by atoms with Crippen molar-refractivity contribution in [3.05, 3.63) is 71.3 Å². The Balaban J connectivity index is 1.96. The maximum absolute atomic E-state index is 13.5. The molecular formula is C19H16F2O4. The van der Waals surface area contributed by atoms with Gasteiger partial charge in [-0.3, -0.25) is 9.59 Å². The lowest BCUT2D eigenvalue weighted by molar-refractivity contribution is -0.137. The maximum atomic E-state index is 13.5. The number of halogens is 2. The number of carboxylic acids is 1. The first-order valence-electron chi connectivity index (χ1n) is 7.58.